The fraction of sp³-hybridized carbons (Fsp3) is 0.200. The number of nitrogens with zero attached hydrogens (tertiary/aromatic N) is 4. The summed E-state index contributed by atoms with van der Waals surface area (Å²) >= 11 is 1.43. The Morgan fingerprint density at radius 1 is 0.935 bits per heavy atom. The van der Waals surface area contributed by atoms with Gasteiger partial charge >= 0.3 is 0 Å². The highest BCUT2D eigenvalue weighted by atomic mass is 32.2. The van der Waals surface area contributed by atoms with Gasteiger partial charge in [-0.2, -0.15) is 0 Å². The van der Waals surface area contributed by atoms with Crippen molar-refractivity contribution in [2.24, 2.45) is 0 Å². The molecule has 0 saturated carbocycles. The quantitative estimate of drug-likeness (QED) is 0.296. The van der Waals surface area contributed by atoms with E-state index in [0.717, 1.165) is 38.8 Å². The van der Waals surface area contributed by atoms with Gasteiger partial charge in [0, 0.05) is 23.5 Å². The van der Waals surface area contributed by atoms with Crippen LogP contribution in [0.2, 0.25) is 0 Å². The van der Waals surface area contributed by atoms with E-state index in [1.807, 2.05) is 44.2 Å². The maximum absolute atomic E-state index is 13.0. The molecule has 156 valence electrons. The minimum absolute atomic E-state index is 0.111. The number of Topliss-reactive ketones (excluding diaryl/α,β-unsaturated/α-hetero) is 1. The zero-order chi connectivity index (χ0) is 21.8. The lowest BCUT2D eigenvalue weighted by Gasteiger charge is -2.12. The average molecular weight is 429 g/mol. The highest BCUT2D eigenvalue weighted by molar-refractivity contribution is 7.99. The highest BCUT2D eigenvalue weighted by Crippen LogP contribution is 2.26. The van der Waals surface area contributed by atoms with Crippen LogP contribution in [0.25, 0.3) is 11.4 Å². The molecule has 0 aliphatic carbocycles. The predicted molar refractivity (Wildman–Crippen MR) is 125 cm³/mol. The van der Waals surface area contributed by atoms with Crippen LogP contribution in [0, 0.1) is 20.8 Å². The Bertz CT molecular complexity index is 1180. The number of rotatable bonds is 7. The number of hydrogen-bond acceptors (Lipinski definition) is 5. The average Bonchev–Trinajstić information content (AvgIpc) is 3.15. The van der Waals surface area contributed by atoms with E-state index in [1.165, 1.54) is 17.3 Å². The van der Waals surface area contributed by atoms with Crippen molar-refractivity contribution in [1.29, 1.82) is 0 Å². The van der Waals surface area contributed by atoms with Crippen LogP contribution in [0.3, 0.4) is 0 Å². The van der Waals surface area contributed by atoms with Gasteiger partial charge in [0.05, 0.1) is 12.3 Å². The van der Waals surface area contributed by atoms with E-state index in [0.29, 0.717) is 12.3 Å². The van der Waals surface area contributed by atoms with Crippen molar-refractivity contribution in [2.45, 2.75) is 32.5 Å². The lowest BCUT2D eigenvalue weighted by Crippen LogP contribution is -2.10. The van der Waals surface area contributed by atoms with Crippen LogP contribution in [0.5, 0.6) is 0 Å². The van der Waals surface area contributed by atoms with Crippen LogP contribution < -0.4 is 0 Å². The summed E-state index contributed by atoms with van der Waals surface area (Å²) in [6.07, 6.45) is 3.49. The molecule has 0 N–H and O–H groups in total. The smallest absolute Gasteiger partial charge is 0.192 e. The molecule has 2 heterocycles. The van der Waals surface area contributed by atoms with Crippen LogP contribution >= 0.6 is 11.8 Å². The van der Waals surface area contributed by atoms with Gasteiger partial charge in [0.15, 0.2) is 16.8 Å². The Balaban J connectivity index is 1.62. The first-order chi connectivity index (χ1) is 15.0. The van der Waals surface area contributed by atoms with Gasteiger partial charge in [-0.25, -0.2) is 0 Å². The predicted octanol–water partition coefficient (Wildman–Crippen LogP) is 5.29. The molecule has 0 saturated heterocycles. The Labute approximate surface area is 186 Å². The molecule has 4 aromatic rings. The molecule has 6 heteroatoms. The third-order valence-corrected chi connectivity index (χ3v) is 6.09. The SMILES string of the molecule is Cc1cc(C)c(C(=O)CSc2nnc(-c3ccncc3)n2Cc2ccccc2)c(C)c1. The summed E-state index contributed by atoms with van der Waals surface area (Å²) in [7, 11) is 0. The molecule has 0 atom stereocenters. The minimum atomic E-state index is 0.111. The van der Waals surface area contributed by atoms with Gasteiger partial charge in [-0.3, -0.25) is 14.3 Å². The van der Waals surface area contributed by atoms with E-state index in [-0.39, 0.29) is 5.78 Å². The largest absolute Gasteiger partial charge is 0.298 e. The molecular formula is C25H24N4OS. The molecule has 0 bridgehead atoms. The summed E-state index contributed by atoms with van der Waals surface area (Å²) in [6, 6.07) is 18.2. The first-order valence-electron chi connectivity index (χ1n) is 10.1. The topological polar surface area (TPSA) is 60.7 Å². The Morgan fingerprint density at radius 3 is 2.29 bits per heavy atom. The Morgan fingerprint density at radius 2 is 1.61 bits per heavy atom. The second-order valence-electron chi connectivity index (χ2n) is 7.60. The highest BCUT2D eigenvalue weighted by Gasteiger charge is 2.18. The number of aromatic nitrogens is 4. The maximum atomic E-state index is 13.0. The summed E-state index contributed by atoms with van der Waals surface area (Å²) in [5, 5.41) is 9.58. The van der Waals surface area contributed by atoms with Crippen molar-refractivity contribution in [2.75, 3.05) is 5.75 Å². The molecule has 4 rings (SSSR count). The first-order valence-corrected chi connectivity index (χ1v) is 11.1. The Hall–Kier alpha value is -3.25. The lowest BCUT2D eigenvalue weighted by molar-refractivity contribution is 0.102. The maximum Gasteiger partial charge on any atom is 0.192 e. The number of benzene rings is 2. The molecule has 2 aromatic carbocycles. The van der Waals surface area contributed by atoms with Gasteiger partial charge in [0.1, 0.15) is 0 Å². The molecule has 0 amide bonds. The fourth-order valence-corrected chi connectivity index (χ4v) is 4.65. The van der Waals surface area contributed by atoms with Gasteiger partial charge in [-0.15, -0.1) is 10.2 Å². The number of pyridine rings is 1. The standard InChI is InChI=1S/C25H24N4OS/c1-17-13-18(2)23(19(3)14-17)22(30)16-31-25-28-27-24(21-9-11-26-12-10-21)29(25)15-20-7-5-4-6-8-20/h4-14H,15-16H2,1-3H3. The van der Waals surface area contributed by atoms with Gasteiger partial charge < -0.3 is 0 Å². The Kier molecular flexibility index (Phi) is 6.28. The minimum Gasteiger partial charge on any atom is -0.298 e. The summed E-state index contributed by atoms with van der Waals surface area (Å²) in [4.78, 5) is 17.1. The summed E-state index contributed by atoms with van der Waals surface area (Å²) in [5.74, 6) is 1.19. The second-order valence-corrected chi connectivity index (χ2v) is 8.54. The van der Waals surface area contributed by atoms with Crippen LogP contribution in [-0.2, 0) is 6.54 Å². The zero-order valence-corrected chi connectivity index (χ0v) is 18.7. The van der Waals surface area contributed by atoms with Crippen LogP contribution in [0.4, 0.5) is 0 Å². The number of hydrogen-bond donors (Lipinski definition) is 0. The van der Waals surface area contributed by atoms with Crippen LogP contribution in [-0.4, -0.2) is 31.3 Å². The molecule has 0 aliphatic rings. The van der Waals surface area contributed by atoms with E-state index in [4.69, 9.17) is 0 Å². The lowest BCUT2D eigenvalue weighted by atomic mass is 9.97. The van der Waals surface area contributed by atoms with Crippen LogP contribution in [0.15, 0.2) is 72.1 Å². The van der Waals surface area contributed by atoms with Crippen molar-refractivity contribution in [3.8, 4) is 11.4 Å². The van der Waals surface area contributed by atoms with E-state index in [1.54, 1.807) is 12.4 Å². The molecule has 2 aromatic heterocycles. The van der Waals surface area contributed by atoms with Crippen molar-refractivity contribution in [3.63, 3.8) is 0 Å². The first kappa shape index (κ1) is 21.0. The summed E-state index contributed by atoms with van der Waals surface area (Å²) in [5.41, 5.74) is 6.11. The zero-order valence-electron chi connectivity index (χ0n) is 17.9. The molecule has 5 nitrogen and oxygen atoms in total. The van der Waals surface area contributed by atoms with Crippen molar-refractivity contribution >= 4 is 17.5 Å². The molecule has 0 radical (unpaired) electrons. The van der Waals surface area contributed by atoms with Crippen molar-refractivity contribution in [1.82, 2.24) is 19.7 Å². The molecule has 0 spiro atoms. The molecule has 0 unspecified atom stereocenters. The molecule has 0 fully saturated rings. The van der Waals surface area contributed by atoms with Crippen molar-refractivity contribution < 1.29 is 4.79 Å². The second kappa shape index (κ2) is 9.27. The van der Waals surface area contributed by atoms with Gasteiger partial charge in [0.25, 0.3) is 0 Å². The van der Waals surface area contributed by atoms with Gasteiger partial charge in [0.2, 0.25) is 0 Å². The van der Waals surface area contributed by atoms with Gasteiger partial charge in [-0.05, 0) is 49.6 Å². The van der Waals surface area contributed by atoms with E-state index >= 15 is 0 Å². The fourth-order valence-electron chi connectivity index (χ4n) is 3.84. The number of ketones is 1. The third-order valence-electron chi connectivity index (χ3n) is 5.13. The van der Waals surface area contributed by atoms with E-state index < -0.39 is 0 Å². The molecule has 0 aliphatic heterocycles. The van der Waals surface area contributed by atoms with Crippen molar-refractivity contribution in [3.05, 3.63) is 94.8 Å². The number of aryl methyl sites for hydroxylation is 3. The molecular weight excluding hydrogens is 404 g/mol. The van der Waals surface area contributed by atoms with Crippen LogP contribution in [0.1, 0.15) is 32.6 Å². The third kappa shape index (κ3) is 4.75. The number of carbonyl (C=O) groups excluding carboxylic acids is 1. The normalized spacial score (nSPS) is 10.9. The van der Waals surface area contributed by atoms with E-state index in [9.17, 15) is 4.79 Å². The van der Waals surface area contributed by atoms with E-state index in [2.05, 4.69) is 50.9 Å². The summed E-state index contributed by atoms with van der Waals surface area (Å²) in [6.45, 7) is 6.68. The molecule has 31 heavy (non-hydrogen) atoms. The number of carbonyl (C=O) groups is 1. The monoisotopic (exact) mass is 428 g/mol. The number of thioether (sulfide) groups is 1. The van der Waals surface area contributed by atoms with Gasteiger partial charge in [-0.1, -0.05) is 59.8 Å². The summed E-state index contributed by atoms with van der Waals surface area (Å²) < 4.78 is 2.07.